The normalized spacial score (nSPS) is 16.1. The van der Waals surface area contributed by atoms with Gasteiger partial charge in [-0.3, -0.25) is 9.69 Å². The molecule has 0 aromatic heterocycles. The van der Waals surface area contributed by atoms with Crippen LogP contribution < -0.4 is 9.47 Å². The predicted octanol–water partition coefficient (Wildman–Crippen LogP) is 5.82. The van der Waals surface area contributed by atoms with Gasteiger partial charge in [0.05, 0.1) is 17.7 Å². The molecule has 4 rings (SSSR count). The molecule has 3 aromatic carbocycles. The van der Waals surface area contributed by atoms with E-state index in [0.29, 0.717) is 28.2 Å². The number of hydrogen-bond acceptors (Lipinski definition) is 5. The number of amidine groups is 1. The minimum Gasteiger partial charge on any atom is -0.493 e. The molecular formula is C26H24N2O3S. The van der Waals surface area contributed by atoms with Gasteiger partial charge in [0.2, 0.25) is 0 Å². The van der Waals surface area contributed by atoms with Crippen LogP contribution in [0.25, 0.3) is 6.08 Å². The van der Waals surface area contributed by atoms with Gasteiger partial charge in [0, 0.05) is 7.05 Å². The van der Waals surface area contributed by atoms with Crippen molar-refractivity contribution in [3.05, 3.63) is 94.4 Å². The van der Waals surface area contributed by atoms with E-state index in [9.17, 15) is 4.79 Å². The number of aliphatic imine (C=N–C) groups is 1. The van der Waals surface area contributed by atoms with Gasteiger partial charge in [-0.15, -0.1) is 0 Å². The van der Waals surface area contributed by atoms with Crippen molar-refractivity contribution < 1.29 is 14.3 Å². The minimum absolute atomic E-state index is 0.0794. The second kappa shape index (κ2) is 9.75. The third kappa shape index (κ3) is 5.03. The van der Waals surface area contributed by atoms with Crippen LogP contribution in [0.4, 0.5) is 5.69 Å². The molecule has 0 bridgehead atoms. The van der Waals surface area contributed by atoms with E-state index in [1.807, 2.05) is 85.8 Å². The van der Waals surface area contributed by atoms with E-state index in [-0.39, 0.29) is 5.91 Å². The van der Waals surface area contributed by atoms with Crippen LogP contribution in [0.1, 0.15) is 16.7 Å². The zero-order valence-corrected chi connectivity index (χ0v) is 19.1. The fourth-order valence-corrected chi connectivity index (χ4v) is 4.15. The Morgan fingerprint density at radius 3 is 2.47 bits per heavy atom. The Labute approximate surface area is 192 Å². The molecule has 1 aliphatic heterocycles. The van der Waals surface area contributed by atoms with E-state index in [2.05, 4.69) is 4.99 Å². The van der Waals surface area contributed by atoms with Crippen molar-refractivity contribution in [2.24, 2.45) is 4.99 Å². The average Bonchev–Trinajstić information content (AvgIpc) is 3.08. The van der Waals surface area contributed by atoms with E-state index >= 15 is 0 Å². The fourth-order valence-electron chi connectivity index (χ4n) is 3.16. The van der Waals surface area contributed by atoms with E-state index in [0.717, 1.165) is 16.8 Å². The van der Waals surface area contributed by atoms with E-state index in [1.54, 1.807) is 19.1 Å². The Morgan fingerprint density at radius 1 is 1.00 bits per heavy atom. The van der Waals surface area contributed by atoms with Crippen LogP contribution >= 0.6 is 11.8 Å². The largest absolute Gasteiger partial charge is 0.493 e. The van der Waals surface area contributed by atoms with Gasteiger partial charge in [-0.2, -0.15) is 0 Å². The van der Waals surface area contributed by atoms with E-state index in [4.69, 9.17) is 9.47 Å². The Kier molecular flexibility index (Phi) is 6.61. The van der Waals surface area contributed by atoms with Gasteiger partial charge >= 0.3 is 0 Å². The number of rotatable bonds is 6. The second-order valence-corrected chi connectivity index (χ2v) is 8.40. The molecule has 0 radical (unpaired) electrons. The van der Waals surface area contributed by atoms with Crippen LogP contribution in [0.2, 0.25) is 0 Å². The Balaban J connectivity index is 1.52. The number of likely N-dealkylation sites (N-methyl/N-ethyl adjacent to an activating group) is 1. The first-order chi connectivity index (χ1) is 15.5. The number of benzene rings is 3. The summed E-state index contributed by atoms with van der Waals surface area (Å²) in [6.07, 6.45) is 1.85. The number of carbonyl (C=O) groups excluding carboxylic acids is 1. The van der Waals surface area contributed by atoms with Gasteiger partial charge in [0.1, 0.15) is 6.61 Å². The summed E-state index contributed by atoms with van der Waals surface area (Å²) in [6, 6.07) is 23.5. The van der Waals surface area contributed by atoms with Crippen LogP contribution in [0.15, 0.2) is 82.7 Å². The second-order valence-electron chi connectivity index (χ2n) is 7.39. The van der Waals surface area contributed by atoms with Gasteiger partial charge < -0.3 is 9.47 Å². The number of nitrogens with zero attached hydrogens (tertiary/aromatic N) is 2. The molecule has 0 saturated carbocycles. The molecule has 0 unspecified atom stereocenters. The summed E-state index contributed by atoms with van der Waals surface area (Å²) in [5.41, 5.74) is 3.93. The van der Waals surface area contributed by atoms with Crippen molar-refractivity contribution in [3.63, 3.8) is 0 Å². The highest BCUT2D eigenvalue weighted by Gasteiger charge is 2.30. The topological polar surface area (TPSA) is 51.1 Å². The summed E-state index contributed by atoms with van der Waals surface area (Å²) in [6.45, 7) is 2.49. The first kappa shape index (κ1) is 21.7. The summed E-state index contributed by atoms with van der Waals surface area (Å²) >= 11 is 1.36. The average molecular weight is 445 g/mol. The van der Waals surface area contributed by atoms with Gasteiger partial charge in [0.25, 0.3) is 5.91 Å². The summed E-state index contributed by atoms with van der Waals surface area (Å²) in [5, 5.41) is 0.653. The lowest BCUT2D eigenvalue weighted by Crippen LogP contribution is -2.23. The van der Waals surface area contributed by atoms with E-state index < -0.39 is 0 Å². The highest BCUT2D eigenvalue weighted by atomic mass is 32.2. The third-order valence-electron chi connectivity index (χ3n) is 4.98. The first-order valence-electron chi connectivity index (χ1n) is 10.2. The smallest absolute Gasteiger partial charge is 0.266 e. The molecule has 1 aliphatic rings. The number of carbonyl (C=O) groups is 1. The lowest BCUT2D eigenvalue weighted by atomic mass is 10.2. The van der Waals surface area contributed by atoms with Crippen molar-refractivity contribution >= 4 is 34.6 Å². The number of hydrogen-bond donors (Lipinski definition) is 0. The summed E-state index contributed by atoms with van der Waals surface area (Å²) in [5.74, 6) is 1.19. The molecule has 0 aliphatic carbocycles. The summed E-state index contributed by atoms with van der Waals surface area (Å²) < 4.78 is 11.4. The molecule has 1 heterocycles. The van der Waals surface area contributed by atoms with Gasteiger partial charge in [0.15, 0.2) is 16.7 Å². The molecule has 0 atom stereocenters. The number of ether oxygens (including phenoxy) is 2. The Hall–Kier alpha value is -3.51. The van der Waals surface area contributed by atoms with Crippen molar-refractivity contribution in [3.8, 4) is 11.5 Å². The number of amides is 1. The van der Waals surface area contributed by atoms with Gasteiger partial charge in [-0.05, 0) is 60.2 Å². The maximum atomic E-state index is 12.7. The van der Waals surface area contributed by atoms with Crippen LogP contribution in [0.5, 0.6) is 11.5 Å². The van der Waals surface area contributed by atoms with Crippen LogP contribution in [-0.4, -0.2) is 30.1 Å². The molecule has 32 heavy (non-hydrogen) atoms. The molecule has 0 spiro atoms. The first-order valence-corrected chi connectivity index (χ1v) is 11.0. The number of thioether (sulfide) groups is 1. The molecule has 1 fully saturated rings. The molecule has 1 saturated heterocycles. The van der Waals surface area contributed by atoms with Gasteiger partial charge in [-0.1, -0.05) is 54.1 Å². The number of aryl methyl sites for hydroxylation is 1. The minimum atomic E-state index is -0.0794. The zero-order valence-electron chi connectivity index (χ0n) is 18.2. The standard InChI is InChI=1S/C26H24N2O3S/c1-18-9-12-21(13-10-18)27-26-28(2)25(29)24(32-26)16-20-11-14-22(23(15-20)30-3)31-17-19-7-5-4-6-8-19/h4-16H,17H2,1-3H3/b24-16+,27-26?. The number of methoxy groups -OCH3 is 1. The predicted molar refractivity (Wildman–Crippen MR) is 130 cm³/mol. The highest BCUT2D eigenvalue weighted by molar-refractivity contribution is 8.18. The molecule has 1 amide bonds. The summed E-state index contributed by atoms with van der Waals surface area (Å²) in [4.78, 5) is 19.6. The lowest BCUT2D eigenvalue weighted by molar-refractivity contribution is -0.121. The lowest BCUT2D eigenvalue weighted by Gasteiger charge is -2.11. The Morgan fingerprint density at radius 2 is 1.75 bits per heavy atom. The van der Waals surface area contributed by atoms with Crippen molar-refractivity contribution in [1.82, 2.24) is 4.90 Å². The molecule has 0 N–H and O–H groups in total. The van der Waals surface area contributed by atoms with Crippen molar-refractivity contribution in [2.45, 2.75) is 13.5 Å². The molecule has 162 valence electrons. The monoisotopic (exact) mass is 444 g/mol. The van der Waals surface area contributed by atoms with Crippen molar-refractivity contribution in [2.75, 3.05) is 14.2 Å². The summed E-state index contributed by atoms with van der Waals surface area (Å²) in [7, 11) is 3.35. The quantitative estimate of drug-likeness (QED) is 0.450. The molecule has 6 heteroatoms. The highest BCUT2D eigenvalue weighted by Crippen LogP contribution is 2.35. The van der Waals surface area contributed by atoms with Crippen LogP contribution in [0, 0.1) is 6.92 Å². The Bertz CT molecular complexity index is 1170. The molecule has 3 aromatic rings. The van der Waals surface area contributed by atoms with Crippen molar-refractivity contribution in [1.29, 1.82) is 0 Å². The van der Waals surface area contributed by atoms with Crippen LogP contribution in [-0.2, 0) is 11.4 Å². The van der Waals surface area contributed by atoms with E-state index in [1.165, 1.54) is 17.3 Å². The van der Waals surface area contributed by atoms with Gasteiger partial charge in [-0.25, -0.2) is 4.99 Å². The fraction of sp³-hybridized carbons (Fsp3) is 0.154. The molecular weight excluding hydrogens is 420 g/mol. The SMILES string of the molecule is COc1cc(/C=C2/SC(=Nc3ccc(C)cc3)N(C)C2=O)ccc1OCc1ccccc1. The maximum absolute atomic E-state index is 12.7. The third-order valence-corrected chi connectivity index (χ3v) is 6.05. The maximum Gasteiger partial charge on any atom is 0.266 e. The zero-order chi connectivity index (χ0) is 22.5. The molecule has 5 nitrogen and oxygen atoms in total. The van der Waals surface area contributed by atoms with Crippen LogP contribution in [0.3, 0.4) is 0 Å².